The molecule has 0 aromatic heterocycles. The van der Waals surface area contributed by atoms with Gasteiger partial charge < -0.3 is 5.48 Å². The van der Waals surface area contributed by atoms with E-state index in [0.717, 1.165) is 12.1 Å². The number of fused-ring (bicyclic) bond motifs is 2. The predicted molar refractivity (Wildman–Crippen MR) is 131 cm³/mol. The molecule has 0 amide bonds. The molecule has 0 aliphatic heterocycles. The third kappa shape index (κ3) is 6.66. The van der Waals surface area contributed by atoms with E-state index in [9.17, 15) is 33.7 Å². The lowest BCUT2D eigenvalue weighted by Gasteiger charge is -2.08. The van der Waals surface area contributed by atoms with Crippen molar-refractivity contribution in [3.05, 3.63) is 72.8 Å². The zero-order valence-corrected chi connectivity index (χ0v) is 21.4. The summed E-state index contributed by atoms with van der Waals surface area (Å²) in [5.41, 5.74) is 0. The minimum atomic E-state index is -4.78. The highest BCUT2D eigenvalue weighted by molar-refractivity contribution is 7.89. The molecule has 0 atom stereocenters. The van der Waals surface area contributed by atoms with Gasteiger partial charge in [-0.25, -0.2) is 0 Å². The van der Waals surface area contributed by atoms with E-state index in [0.29, 0.717) is 10.8 Å². The molecule has 0 spiro atoms. The Morgan fingerprint density at radius 2 is 0.703 bits per heavy atom. The third-order valence-electron chi connectivity index (χ3n) is 4.76. The zero-order valence-electron chi connectivity index (χ0n) is 18.1. The van der Waals surface area contributed by atoms with Crippen LogP contribution in [0.3, 0.4) is 0 Å². The number of hydrogen-bond acceptors (Lipinski definition) is 8. The van der Waals surface area contributed by atoms with Gasteiger partial charge in [-0.2, -0.15) is 33.7 Å². The molecule has 13 nitrogen and oxygen atoms in total. The molecule has 0 aliphatic rings. The highest BCUT2D eigenvalue weighted by Gasteiger charge is 2.27. The fourth-order valence-corrected chi connectivity index (χ4v) is 7.39. The first-order valence-electron chi connectivity index (χ1n) is 9.36. The molecule has 0 radical (unpaired) electrons. The van der Waals surface area contributed by atoms with Gasteiger partial charge in [-0.1, -0.05) is 60.7 Å². The molecule has 0 saturated carbocycles. The number of rotatable bonds is 4. The summed E-state index contributed by atoms with van der Waals surface area (Å²) in [5, 5.41) is 0.903. The fraction of sp³-hybridized carbons (Fsp3) is 0. The van der Waals surface area contributed by atoms with Crippen LogP contribution in [-0.4, -0.2) is 57.4 Å². The van der Waals surface area contributed by atoms with Crippen molar-refractivity contribution in [2.24, 2.45) is 0 Å². The monoisotopic (exact) mass is 594 g/mol. The minimum absolute atomic E-state index is 0. The second kappa shape index (κ2) is 10.4. The van der Waals surface area contributed by atoms with Crippen molar-refractivity contribution in [3.8, 4) is 0 Å². The van der Waals surface area contributed by atoms with E-state index in [1.54, 1.807) is 24.3 Å². The summed E-state index contributed by atoms with van der Waals surface area (Å²) in [6.45, 7) is 0. The molecular weight excluding hydrogens is 576 g/mol. The summed E-state index contributed by atoms with van der Waals surface area (Å²) in [5.74, 6) is 0. The van der Waals surface area contributed by atoms with Gasteiger partial charge in [-0.05, 0) is 22.9 Å². The molecule has 4 aromatic rings. The van der Waals surface area contributed by atoms with Crippen LogP contribution in [0.15, 0.2) is 92.4 Å². The first-order chi connectivity index (χ1) is 16.4. The molecule has 6 N–H and O–H groups in total. The van der Waals surface area contributed by atoms with E-state index < -0.39 is 60.1 Å². The van der Waals surface area contributed by atoms with Crippen molar-refractivity contribution in [2.75, 3.05) is 0 Å². The van der Waals surface area contributed by atoms with Crippen LogP contribution in [-0.2, 0) is 40.5 Å². The van der Waals surface area contributed by atoms with Crippen LogP contribution in [0.1, 0.15) is 0 Å². The Kier molecular flexibility index (Phi) is 8.50. The van der Waals surface area contributed by atoms with E-state index in [-0.39, 0.29) is 16.2 Å². The van der Waals surface area contributed by atoms with Gasteiger partial charge in [0.15, 0.2) is 0 Å². The van der Waals surface area contributed by atoms with Crippen molar-refractivity contribution in [2.45, 2.75) is 19.6 Å². The van der Waals surface area contributed by atoms with E-state index >= 15 is 0 Å². The summed E-state index contributed by atoms with van der Waals surface area (Å²) in [6.07, 6.45) is 0. The van der Waals surface area contributed by atoms with Crippen LogP contribution in [0, 0.1) is 0 Å². The Labute approximate surface area is 211 Å². The van der Waals surface area contributed by atoms with Gasteiger partial charge in [-0.15, -0.1) is 0 Å². The maximum absolute atomic E-state index is 11.3. The van der Waals surface area contributed by atoms with Crippen LogP contribution in [0.5, 0.6) is 0 Å². The molecule has 17 heteroatoms. The Morgan fingerprint density at radius 3 is 0.973 bits per heavy atom. The molecule has 4 rings (SSSR count). The summed E-state index contributed by atoms with van der Waals surface area (Å²) < 4.78 is 126. The largest absolute Gasteiger partial charge is 0.412 e. The molecule has 0 unspecified atom stereocenters. The lowest BCUT2D eigenvalue weighted by atomic mass is 10.1. The second-order valence-corrected chi connectivity index (χ2v) is 12.6. The summed E-state index contributed by atoms with van der Waals surface area (Å²) in [6, 6.07) is 16.6. The van der Waals surface area contributed by atoms with Gasteiger partial charge in [0.25, 0.3) is 40.5 Å². The normalized spacial score (nSPS) is 12.4. The molecule has 0 aliphatic carbocycles. The number of hydrogen-bond donors (Lipinski definition) is 4. The van der Waals surface area contributed by atoms with E-state index in [2.05, 4.69) is 0 Å². The van der Waals surface area contributed by atoms with E-state index in [1.165, 1.54) is 36.4 Å². The van der Waals surface area contributed by atoms with Crippen LogP contribution in [0.4, 0.5) is 0 Å². The highest BCUT2D eigenvalue weighted by atomic mass is 32.2. The Balaban J connectivity index is 0.000000253. The first kappa shape index (κ1) is 30.2. The van der Waals surface area contributed by atoms with Gasteiger partial charge >= 0.3 is 0 Å². The minimum Gasteiger partial charge on any atom is -0.412 e. The molecule has 37 heavy (non-hydrogen) atoms. The molecule has 4 aromatic carbocycles. The maximum Gasteiger partial charge on any atom is 0.296 e. The van der Waals surface area contributed by atoms with Crippen molar-refractivity contribution >= 4 is 62.0 Å². The molecule has 0 saturated heterocycles. The average Bonchev–Trinajstić information content (AvgIpc) is 2.75. The van der Waals surface area contributed by atoms with Gasteiger partial charge in [0, 0.05) is 10.8 Å². The quantitative estimate of drug-likeness (QED) is 0.247. The molecule has 0 bridgehead atoms. The second-order valence-electron chi connectivity index (χ2n) is 7.13. The predicted octanol–water partition coefficient (Wildman–Crippen LogP) is 1.84. The summed E-state index contributed by atoms with van der Waals surface area (Å²) in [7, 11) is -19.1. The maximum atomic E-state index is 11.3. The van der Waals surface area contributed by atoms with Crippen molar-refractivity contribution in [1.82, 2.24) is 0 Å². The Morgan fingerprint density at radius 1 is 0.405 bits per heavy atom. The summed E-state index contributed by atoms with van der Waals surface area (Å²) >= 11 is 0. The fourth-order valence-electron chi connectivity index (χ4n) is 3.38. The van der Waals surface area contributed by atoms with Crippen LogP contribution < -0.4 is 0 Å². The van der Waals surface area contributed by atoms with Crippen molar-refractivity contribution in [3.63, 3.8) is 0 Å². The average molecular weight is 595 g/mol. The Hall–Kier alpha value is -3.00. The molecule has 200 valence electrons. The van der Waals surface area contributed by atoms with Gasteiger partial charge in [0.05, 0.1) is 0 Å². The van der Waals surface area contributed by atoms with Crippen molar-refractivity contribution in [1.29, 1.82) is 0 Å². The lowest BCUT2D eigenvalue weighted by molar-refractivity contribution is 0.467. The van der Waals surface area contributed by atoms with Gasteiger partial charge in [0.2, 0.25) is 0 Å². The van der Waals surface area contributed by atoms with Crippen molar-refractivity contribution < 1.29 is 57.4 Å². The topological polar surface area (TPSA) is 249 Å². The van der Waals surface area contributed by atoms with Crippen LogP contribution in [0.25, 0.3) is 21.5 Å². The lowest BCUT2D eigenvalue weighted by Crippen LogP contribution is -2.09. The van der Waals surface area contributed by atoms with Gasteiger partial charge in [0.1, 0.15) is 19.6 Å². The van der Waals surface area contributed by atoms with E-state index in [4.69, 9.17) is 18.2 Å². The smallest absolute Gasteiger partial charge is 0.296 e. The van der Waals surface area contributed by atoms with Gasteiger partial charge in [-0.3, -0.25) is 18.2 Å². The first-order valence-corrected chi connectivity index (χ1v) is 15.1. The molecule has 0 fully saturated rings. The molecular formula is C20H18O13S4. The SMILES string of the molecule is O.O=S(=O)(O)c1ccc2ccccc2c1S(=O)(=O)O.O=S(=O)(O)c1ccc2ccccc2c1S(=O)(=O)O. The summed E-state index contributed by atoms with van der Waals surface area (Å²) in [4.78, 5) is -3.32. The van der Waals surface area contributed by atoms with Crippen LogP contribution >= 0.6 is 0 Å². The highest BCUT2D eigenvalue weighted by Crippen LogP contribution is 2.30. The standard InChI is InChI=1S/2C10H8O6S2.H2O/c2*11-17(12,13)9-6-5-7-3-1-2-4-8(7)10(9)18(14,15)16;/h2*1-6H,(H,11,12,13)(H,14,15,16);1H2. The molecule has 0 heterocycles. The Bertz CT molecular complexity index is 1790. The van der Waals surface area contributed by atoms with Crippen LogP contribution in [0.2, 0.25) is 0 Å². The van der Waals surface area contributed by atoms with E-state index in [1.807, 2.05) is 0 Å². The number of benzene rings is 4. The zero-order chi connectivity index (χ0) is 27.1. The third-order valence-corrected chi connectivity index (χ3v) is 8.72.